The van der Waals surface area contributed by atoms with E-state index in [0.717, 1.165) is 11.3 Å². The third kappa shape index (κ3) is 4.16. The van der Waals surface area contributed by atoms with Crippen molar-refractivity contribution in [3.05, 3.63) is 47.0 Å². The van der Waals surface area contributed by atoms with E-state index in [1.165, 1.54) is 0 Å². The molecule has 0 radical (unpaired) electrons. The molecule has 0 aliphatic carbocycles. The van der Waals surface area contributed by atoms with E-state index in [2.05, 4.69) is 0 Å². The minimum atomic E-state index is -0.0880. The highest BCUT2D eigenvalue weighted by molar-refractivity contribution is 6.11. The van der Waals surface area contributed by atoms with Gasteiger partial charge in [-0.15, -0.1) is 0 Å². The molecule has 0 amide bonds. The predicted molar refractivity (Wildman–Crippen MR) is 109 cm³/mol. The zero-order chi connectivity index (χ0) is 20.1. The van der Waals surface area contributed by atoms with Gasteiger partial charge < -0.3 is 24.8 Å². The average Bonchev–Trinajstić information content (AvgIpc) is 2.66. The molecular formula is C21H26N2O4. The number of ketones is 1. The van der Waals surface area contributed by atoms with Crippen molar-refractivity contribution in [2.45, 2.75) is 6.92 Å². The van der Waals surface area contributed by atoms with Crippen LogP contribution in [0.2, 0.25) is 0 Å². The van der Waals surface area contributed by atoms with Gasteiger partial charge >= 0.3 is 0 Å². The summed E-state index contributed by atoms with van der Waals surface area (Å²) in [6.07, 6.45) is 1.77. The van der Waals surface area contributed by atoms with Crippen LogP contribution in [0.5, 0.6) is 17.2 Å². The van der Waals surface area contributed by atoms with Gasteiger partial charge in [-0.05, 0) is 48.9 Å². The molecule has 0 heterocycles. The maximum absolute atomic E-state index is 12.9. The van der Waals surface area contributed by atoms with Crippen LogP contribution in [0.4, 0.5) is 11.4 Å². The Morgan fingerprint density at radius 1 is 1.00 bits per heavy atom. The SMILES string of the molecule is COc1ccc(/C=C(\C)C(=O)c2ccc(N)c(N(C)C)c2)c(OC)c1OC. The van der Waals surface area contributed by atoms with Crippen molar-refractivity contribution in [3.8, 4) is 17.2 Å². The molecule has 0 bridgehead atoms. The second-order valence-corrected chi connectivity index (χ2v) is 6.25. The van der Waals surface area contributed by atoms with Gasteiger partial charge in [-0.2, -0.15) is 0 Å². The van der Waals surface area contributed by atoms with E-state index < -0.39 is 0 Å². The summed E-state index contributed by atoms with van der Waals surface area (Å²) < 4.78 is 16.2. The van der Waals surface area contributed by atoms with Gasteiger partial charge in [0.15, 0.2) is 17.3 Å². The van der Waals surface area contributed by atoms with Crippen LogP contribution in [0.1, 0.15) is 22.8 Å². The van der Waals surface area contributed by atoms with Gasteiger partial charge in [0.1, 0.15) is 0 Å². The van der Waals surface area contributed by atoms with Crippen molar-refractivity contribution in [1.82, 2.24) is 0 Å². The minimum absolute atomic E-state index is 0.0880. The van der Waals surface area contributed by atoms with Crippen molar-refractivity contribution in [2.75, 3.05) is 46.1 Å². The number of ether oxygens (including phenoxy) is 3. The molecule has 0 unspecified atom stereocenters. The minimum Gasteiger partial charge on any atom is -0.493 e. The summed E-state index contributed by atoms with van der Waals surface area (Å²) in [7, 11) is 8.43. The van der Waals surface area contributed by atoms with Crippen LogP contribution in [-0.2, 0) is 0 Å². The Bertz CT molecular complexity index is 873. The number of hydrogen-bond acceptors (Lipinski definition) is 6. The van der Waals surface area contributed by atoms with Crippen LogP contribution in [-0.4, -0.2) is 41.2 Å². The standard InChI is InChI=1S/C21H26N2O4/c1-13(19(24)14-7-9-16(22)17(12-14)23(2)3)11-15-8-10-18(25-4)21(27-6)20(15)26-5/h7-12H,22H2,1-6H3/b13-11+. The molecule has 0 atom stereocenters. The molecule has 144 valence electrons. The molecule has 0 saturated carbocycles. The number of nitrogens with two attached hydrogens (primary N) is 1. The van der Waals surface area contributed by atoms with Crippen molar-refractivity contribution in [2.24, 2.45) is 0 Å². The Morgan fingerprint density at radius 2 is 1.67 bits per heavy atom. The lowest BCUT2D eigenvalue weighted by atomic mass is 10.0. The van der Waals surface area contributed by atoms with Crippen LogP contribution < -0.4 is 24.8 Å². The van der Waals surface area contributed by atoms with E-state index in [1.54, 1.807) is 58.6 Å². The molecule has 2 aromatic carbocycles. The van der Waals surface area contributed by atoms with E-state index in [-0.39, 0.29) is 5.78 Å². The first kappa shape index (κ1) is 20.2. The highest BCUT2D eigenvalue weighted by atomic mass is 16.5. The zero-order valence-corrected chi connectivity index (χ0v) is 16.6. The number of hydrogen-bond donors (Lipinski definition) is 1. The van der Waals surface area contributed by atoms with Gasteiger partial charge in [0.05, 0.1) is 32.7 Å². The maximum atomic E-state index is 12.9. The molecule has 0 aliphatic rings. The van der Waals surface area contributed by atoms with Crippen molar-refractivity contribution in [3.63, 3.8) is 0 Å². The molecular weight excluding hydrogens is 344 g/mol. The first-order valence-corrected chi connectivity index (χ1v) is 8.42. The van der Waals surface area contributed by atoms with Crippen molar-refractivity contribution >= 4 is 23.2 Å². The highest BCUT2D eigenvalue weighted by Crippen LogP contribution is 2.40. The van der Waals surface area contributed by atoms with Gasteiger partial charge in [-0.1, -0.05) is 0 Å². The molecule has 0 aliphatic heterocycles. The lowest BCUT2D eigenvalue weighted by molar-refractivity contribution is 0.103. The second-order valence-electron chi connectivity index (χ2n) is 6.25. The van der Waals surface area contributed by atoms with Gasteiger partial charge in [0.25, 0.3) is 0 Å². The van der Waals surface area contributed by atoms with Crippen LogP contribution in [0.25, 0.3) is 6.08 Å². The molecule has 27 heavy (non-hydrogen) atoms. The summed E-state index contributed by atoms with van der Waals surface area (Å²) in [6.45, 7) is 1.77. The molecule has 0 aromatic heterocycles. The average molecular weight is 370 g/mol. The third-order valence-corrected chi connectivity index (χ3v) is 4.24. The summed E-state index contributed by atoms with van der Waals surface area (Å²) >= 11 is 0. The summed E-state index contributed by atoms with van der Waals surface area (Å²) in [5.41, 5.74) is 9.27. The number of rotatable bonds is 7. The number of carbonyl (C=O) groups excluding carboxylic acids is 1. The number of nitrogen functional groups attached to an aromatic ring is 1. The normalized spacial score (nSPS) is 11.1. The summed E-state index contributed by atoms with van der Waals surface area (Å²) in [5.74, 6) is 1.46. The van der Waals surface area contributed by atoms with Crippen LogP contribution in [0.3, 0.4) is 0 Å². The monoisotopic (exact) mass is 370 g/mol. The lowest BCUT2D eigenvalue weighted by Gasteiger charge is -2.16. The first-order chi connectivity index (χ1) is 12.8. The fourth-order valence-corrected chi connectivity index (χ4v) is 2.84. The molecule has 6 heteroatoms. The number of benzene rings is 2. The molecule has 0 spiro atoms. The number of anilines is 2. The molecule has 0 saturated heterocycles. The number of Topliss-reactive ketones (excluding diaryl/α,β-unsaturated/α-hetero) is 1. The largest absolute Gasteiger partial charge is 0.493 e. The predicted octanol–water partition coefficient (Wildman–Crippen LogP) is 3.65. The molecule has 6 nitrogen and oxygen atoms in total. The Morgan fingerprint density at radius 3 is 2.22 bits per heavy atom. The number of methoxy groups -OCH3 is 3. The Labute approximate surface area is 160 Å². The van der Waals surface area contributed by atoms with Gasteiger partial charge in [0.2, 0.25) is 5.75 Å². The lowest BCUT2D eigenvalue weighted by Crippen LogP contribution is -2.12. The van der Waals surface area contributed by atoms with Crippen molar-refractivity contribution < 1.29 is 19.0 Å². The zero-order valence-electron chi connectivity index (χ0n) is 16.6. The highest BCUT2D eigenvalue weighted by Gasteiger charge is 2.17. The van der Waals surface area contributed by atoms with Gasteiger partial charge in [0, 0.05) is 25.2 Å². The molecule has 2 aromatic rings. The fraction of sp³-hybridized carbons (Fsp3) is 0.286. The van der Waals surface area contributed by atoms with E-state index in [4.69, 9.17) is 19.9 Å². The summed E-state index contributed by atoms with van der Waals surface area (Å²) in [5, 5.41) is 0. The molecule has 2 N–H and O–H groups in total. The number of nitrogens with zero attached hydrogens (tertiary/aromatic N) is 1. The van der Waals surface area contributed by atoms with E-state index >= 15 is 0 Å². The maximum Gasteiger partial charge on any atom is 0.203 e. The van der Waals surface area contributed by atoms with Crippen LogP contribution in [0.15, 0.2) is 35.9 Å². The number of carbonyl (C=O) groups is 1. The Kier molecular flexibility index (Phi) is 6.34. The third-order valence-electron chi connectivity index (χ3n) is 4.24. The van der Waals surface area contributed by atoms with Crippen molar-refractivity contribution in [1.29, 1.82) is 0 Å². The van der Waals surface area contributed by atoms with Gasteiger partial charge in [-0.3, -0.25) is 4.79 Å². The van der Waals surface area contributed by atoms with E-state index in [9.17, 15) is 4.79 Å². The van der Waals surface area contributed by atoms with Gasteiger partial charge in [-0.25, -0.2) is 0 Å². The van der Waals surface area contributed by atoms with Crippen LogP contribution in [0, 0.1) is 0 Å². The topological polar surface area (TPSA) is 74.0 Å². The smallest absolute Gasteiger partial charge is 0.203 e. The quantitative estimate of drug-likeness (QED) is 0.456. The molecule has 2 rings (SSSR count). The Balaban J connectivity index is 2.46. The Hall–Kier alpha value is -3.15. The number of allylic oxidation sites excluding steroid dienone is 1. The summed E-state index contributed by atoms with van der Waals surface area (Å²) in [4.78, 5) is 14.8. The van der Waals surface area contributed by atoms with E-state index in [0.29, 0.717) is 34.1 Å². The second kappa shape index (κ2) is 8.49. The van der Waals surface area contributed by atoms with E-state index in [1.807, 2.05) is 25.1 Å². The fourth-order valence-electron chi connectivity index (χ4n) is 2.84. The summed E-state index contributed by atoms with van der Waals surface area (Å²) in [6, 6.07) is 8.87. The molecule has 0 fully saturated rings. The van der Waals surface area contributed by atoms with Crippen LogP contribution >= 0.6 is 0 Å². The first-order valence-electron chi connectivity index (χ1n) is 8.42.